The largest absolute Gasteiger partial charge is 0.507 e. The molecule has 0 saturated heterocycles. The SMILES string of the molecule is C=C(C)[C@@H]1CCC(C)=C[C@H]1c1c(O)cc(CCCCC)cc1OC(=O)CCCCOP(=O)(O)OC(C)C. The molecule has 0 amide bonds. The number of aryl methyl sites for hydroxylation is 1. The summed E-state index contributed by atoms with van der Waals surface area (Å²) in [5, 5.41) is 11.1. The Bertz CT molecular complexity index is 998. The fraction of sp³-hybridized carbons (Fsp3) is 0.621. The van der Waals surface area contributed by atoms with Crippen molar-refractivity contribution in [3.05, 3.63) is 47.1 Å². The molecule has 0 fully saturated rings. The maximum Gasteiger partial charge on any atom is 0.472 e. The van der Waals surface area contributed by atoms with Crippen molar-refractivity contribution in [1.29, 1.82) is 0 Å². The lowest BCUT2D eigenvalue weighted by Crippen LogP contribution is -2.19. The number of hydrogen-bond donors (Lipinski definition) is 2. The smallest absolute Gasteiger partial charge is 0.472 e. The molecule has 8 heteroatoms. The van der Waals surface area contributed by atoms with Gasteiger partial charge in [-0.05, 0) is 89.8 Å². The number of allylic oxidation sites excluding steroid dienone is 3. The summed E-state index contributed by atoms with van der Waals surface area (Å²) in [5.41, 5.74) is 3.86. The van der Waals surface area contributed by atoms with E-state index in [4.69, 9.17) is 13.8 Å². The number of esters is 1. The standard InChI is InChI=1S/C29H45O7P/c1-7-8-9-12-23-18-26(30)29(25-17-22(6)14-15-24(25)20(2)3)27(19-23)35-28(31)13-10-11-16-34-37(32,33)36-21(4)5/h17-19,21,24-25,30H,2,7-16H2,1,3-6H3,(H,32,33)/t24-,25+/m0/s1. The van der Waals surface area contributed by atoms with E-state index in [2.05, 4.69) is 26.5 Å². The van der Waals surface area contributed by atoms with Crippen molar-refractivity contribution in [2.45, 2.75) is 104 Å². The Balaban J connectivity index is 2.16. The van der Waals surface area contributed by atoms with Crippen molar-refractivity contribution >= 4 is 13.8 Å². The molecule has 1 aromatic rings. The second-order valence-electron chi connectivity index (χ2n) is 10.4. The van der Waals surface area contributed by atoms with Crippen LogP contribution in [0, 0.1) is 5.92 Å². The molecule has 0 saturated carbocycles. The molecule has 7 nitrogen and oxygen atoms in total. The molecule has 208 valence electrons. The third-order valence-corrected chi connectivity index (χ3v) is 7.76. The van der Waals surface area contributed by atoms with E-state index in [1.54, 1.807) is 19.9 Å². The molecule has 0 radical (unpaired) electrons. The summed E-state index contributed by atoms with van der Waals surface area (Å²) in [6.45, 7) is 13.7. The number of ether oxygens (including phenoxy) is 1. The third-order valence-electron chi connectivity index (χ3n) is 6.56. The first-order chi connectivity index (χ1) is 17.4. The molecule has 3 atom stereocenters. The van der Waals surface area contributed by atoms with Crippen molar-refractivity contribution in [2.24, 2.45) is 5.92 Å². The molecule has 0 aromatic heterocycles. The van der Waals surface area contributed by atoms with Crippen molar-refractivity contribution in [1.82, 2.24) is 0 Å². The second kappa shape index (κ2) is 14.9. The lowest BCUT2D eigenvalue weighted by Gasteiger charge is -2.32. The van der Waals surface area contributed by atoms with Gasteiger partial charge in [-0.1, -0.05) is 43.6 Å². The fourth-order valence-electron chi connectivity index (χ4n) is 4.74. The minimum absolute atomic E-state index is 0.000827. The van der Waals surface area contributed by atoms with Crippen LogP contribution >= 0.6 is 7.82 Å². The van der Waals surface area contributed by atoms with Gasteiger partial charge in [-0.15, -0.1) is 0 Å². The molecular formula is C29H45O7P. The number of carbonyl (C=O) groups excluding carboxylic acids is 1. The summed E-state index contributed by atoms with van der Waals surface area (Å²) < 4.78 is 27.5. The fourth-order valence-corrected chi connectivity index (χ4v) is 5.69. The number of phosphoric ester groups is 1. The van der Waals surface area contributed by atoms with Gasteiger partial charge in [0.2, 0.25) is 0 Å². The summed E-state index contributed by atoms with van der Waals surface area (Å²) in [7, 11) is -4.09. The van der Waals surface area contributed by atoms with Crippen LogP contribution in [0.3, 0.4) is 0 Å². The highest BCUT2D eigenvalue weighted by atomic mass is 31.2. The van der Waals surface area contributed by atoms with Gasteiger partial charge in [0.1, 0.15) is 11.5 Å². The number of aromatic hydroxyl groups is 1. The quantitative estimate of drug-likeness (QED) is 0.0776. The van der Waals surface area contributed by atoms with Crippen LogP contribution in [0.1, 0.15) is 103 Å². The van der Waals surface area contributed by atoms with Gasteiger partial charge in [-0.2, -0.15) is 0 Å². The van der Waals surface area contributed by atoms with Crippen LogP contribution in [0.4, 0.5) is 0 Å². The number of unbranched alkanes of at least 4 members (excludes halogenated alkanes) is 3. The number of phenolic OH excluding ortho intramolecular Hbond substituents is 1. The van der Waals surface area contributed by atoms with E-state index < -0.39 is 19.9 Å². The molecule has 37 heavy (non-hydrogen) atoms. The van der Waals surface area contributed by atoms with Crippen LogP contribution in [0.2, 0.25) is 0 Å². The highest BCUT2D eigenvalue weighted by Gasteiger charge is 2.31. The normalized spacial score (nSPS) is 19.4. The van der Waals surface area contributed by atoms with Crippen molar-refractivity contribution < 1.29 is 33.1 Å². The second-order valence-corrected chi connectivity index (χ2v) is 11.8. The number of hydrogen-bond acceptors (Lipinski definition) is 6. The van der Waals surface area contributed by atoms with Crippen molar-refractivity contribution in [3.63, 3.8) is 0 Å². The van der Waals surface area contributed by atoms with E-state index in [1.807, 2.05) is 13.0 Å². The topological polar surface area (TPSA) is 102 Å². The lowest BCUT2D eigenvalue weighted by atomic mass is 9.73. The van der Waals surface area contributed by atoms with E-state index in [-0.39, 0.29) is 30.6 Å². The Kier molecular flexibility index (Phi) is 12.6. The van der Waals surface area contributed by atoms with Gasteiger partial charge in [-0.3, -0.25) is 13.8 Å². The third kappa shape index (κ3) is 10.4. The molecule has 0 aliphatic heterocycles. The molecule has 0 spiro atoms. The lowest BCUT2D eigenvalue weighted by molar-refractivity contribution is -0.134. The first kappa shape index (κ1) is 31.3. The number of rotatable bonds is 15. The summed E-state index contributed by atoms with van der Waals surface area (Å²) in [5.74, 6) is 0.168. The Labute approximate surface area is 222 Å². The summed E-state index contributed by atoms with van der Waals surface area (Å²) in [6, 6.07) is 3.70. The van der Waals surface area contributed by atoms with Crippen LogP contribution in [-0.2, 0) is 24.8 Å². The number of phosphoric acid groups is 1. The molecular weight excluding hydrogens is 491 g/mol. The highest BCUT2D eigenvalue weighted by Crippen LogP contribution is 2.47. The zero-order valence-electron chi connectivity index (χ0n) is 23.1. The number of benzene rings is 1. The summed E-state index contributed by atoms with van der Waals surface area (Å²) in [6.07, 6.45) is 8.56. The van der Waals surface area contributed by atoms with E-state index in [1.165, 1.54) is 5.57 Å². The van der Waals surface area contributed by atoms with E-state index >= 15 is 0 Å². The molecule has 1 aliphatic carbocycles. The molecule has 1 unspecified atom stereocenters. The van der Waals surface area contributed by atoms with E-state index in [0.29, 0.717) is 24.2 Å². The minimum atomic E-state index is -4.09. The molecule has 0 bridgehead atoms. The first-order valence-corrected chi connectivity index (χ1v) is 15.0. The van der Waals surface area contributed by atoms with E-state index in [9.17, 15) is 19.4 Å². The minimum Gasteiger partial charge on any atom is -0.507 e. The maximum absolute atomic E-state index is 12.8. The van der Waals surface area contributed by atoms with Crippen LogP contribution < -0.4 is 4.74 Å². The van der Waals surface area contributed by atoms with Crippen LogP contribution in [0.15, 0.2) is 35.9 Å². The average Bonchev–Trinajstić information content (AvgIpc) is 2.77. The Hall–Kier alpha value is -1.92. The summed E-state index contributed by atoms with van der Waals surface area (Å²) >= 11 is 0. The predicted octanol–water partition coefficient (Wildman–Crippen LogP) is 7.76. The van der Waals surface area contributed by atoms with Gasteiger partial charge in [0, 0.05) is 17.9 Å². The van der Waals surface area contributed by atoms with Gasteiger partial charge >= 0.3 is 13.8 Å². The van der Waals surface area contributed by atoms with Crippen molar-refractivity contribution in [2.75, 3.05) is 6.61 Å². The Morgan fingerprint density at radius 1 is 1.22 bits per heavy atom. The zero-order valence-corrected chi connectivity index (χ0v) is 24.0. The van der Waals surface area contributed by atoms with Gasteiger partial charge in [-0.25, -0.2) is 4.57 Å². The molecule has 2 N–H and O–H groups in total. The van der Waals surface area contributed by atoms with Crippen LogP contribution in [0.5, 0.6) is 11.5 Å². The van der Waals surface area contributed by atoms with Gasteiger partial charge in [0.25, 0.3) is 0 Å². The number of phenols is 1. The maximum atomic E-state index is 12.8. The molecule has 1 aromatic carbocycles. The summed E-state index contributed by atoms with van der Waals surface area (Å²) in [4.78, 5) is 22.4. The van der Waals surface area contributed by atoms with Gasteiger partial charge < -0.3 is 14.7 Å². The van der Waals surface area contributed by atoms with Crippen LogP contribution in [-0.4, -0.2) is 28.7 Å². The van der Waals surface area contributed by atoms with Crippen molar-refractivity contribution in [3.8, 4) is 11.5 Å². The highest BCUT2D eigenvalue weighted by molar-refractivity contribution is 7.47. The van der Waals surface area contributed by atoms with Gasteiger partial charge in [0.15, 0.2) is 0 Å². The zero-order chi connectivity index (χ0) is 27.6. The monoisotopic (exact) mass is 536 g/mol. The molecule has 2 rings (SSSR count). The van der Waals surface area contributed by atoms with Crippen LogP contribution in [0.25, 0.3) is 0 Å². The first-order valence-electron chi connectivity index (χ1n) is 13.5. The number of carbonyl (C=O) groups is 1. The average molecular weight is 537 g/mol. The molecule has 1 aliphatic rings. The molecule has 0 heterocycles. The Morgan fingerprint density at radius 3 is 2.59 bits per heavy atom. The Morgan fingerprint density at radius 2 is 1.95 bits per heavy atom. The van der Waals surface area contributed by atoms with E-state index in [0.717, 1.165) is 49.7 Å². The van der Waals surface area contributed by atoms with Gasteiger partial charge in [0.05, 0.1) is 12.7 Å². The predicted molar refractivity (Wildman–Crippen MR) is 147 cm³/mol.